The van der Waals surface area contributed by atoms with Crippen LogP contribution in [0.3, 0.4) is 0 Å². The highest BCUT2D eigenvalue weighted by Crippen LogP contribution is 2.48. The van der Waals surface area contributed by atoms with E-state index >= 15 is 0 Å². The minimum Gasteiger partial charge on any atom is -0.390 e. The lowest BCUT2D eigenvalue weighted by molar-refractivity contribution is -0.0746. The quantitative estimate of drug-likeness (QED) is 0.502. The van der Waals surface area contributed by atoms with E-state index in [1.807, 2.05) is 0 Å². The summed E-state index contributed by atoms with van der Waals surface area (Å²) in [5.74, 6) is 0. The molecule has 3 rings (SSSR count). The fraction of sp³-hybridized carbons (Fsp3) is 0.714. The molecule has 1 saturated heterocycles. The Hall–Kier alpha value is -0.740. The molecule has 2 spiro atoms. The largest absolute Gasteiger partial charge is 0.390 e. The van der Waals surface area contributed by atoms with Crippen molar-refractivity contribution in [3.8, 4) is 0 Å². The van der Waals surface area contributed by atoms with Crippen LogP contribution in [0.4, 0.5) is 0 Å². The predicted molar refractivity (Wildman–Crippen MR) is 39.0 cm³/mol. The Morgan fingerprint density at radius 3 is 2.64 bits per heavy atom. The number of hydrogen-bond acceptors (Lipinski definition) is 4. The van der Waals surface area contributed by atoms with E-state index in [2.05, 4.69) is 9.98 Å². The van der Waals surface area contributed by atoms with Crippen LogP contribution in [0.25, 0.3) is 0 Å². The molecule has 1 N–H and O–H groups in total. The highest BCUT2D eigenvalue weighted by molar-refractivity contribution is 6.00. The van der Waals surface area contributed by atoms with Gasteiger partial charge in [-0.2, -0.15) is 0 Å². The van der Waals surface area contributed by atoms with Gasteiger partial charge < -0.3 is 9.84 Å². The number of aliphatic hydroxyl groups excluding tert-OH is 1. The summed E-state index contributed by atoms with van der Waals surface area (Å²) in [5, 5.41) is 9.59. The molecule has 0 aromatic heterocycles. The predicted octanol–water partition coefficient (Wildman–Crippen LogP) is -0.629. The first-order chi connectivity index (χ1) is 5.29. The van der Waals surface area contributed by atoms with Gasteiger partial charge in [0.2, 0.25) is 5.72 Å². The van der Waals surface area contributed by atoms with Crippen molar-refractivity contribution in [2.45, 2.75) is 23.8 Å². The summed E-state index contributed by atoms with van der Waals surface area (Å²) >= 11 is 0. The summed E-state index contributed by atoms with van der Waals surface area (Å²) in [6.45, 7) is 0.576. The van der Waals surface area contributed by atoms with E-state index in [1.54, 1.807) is 12.4 Å². The molecule has 0 aliphatic carbocycles. The smallest absolute Gasteiger partial charge is 0.227 e. The Balaban J connectivity index is 1.94. The summed E-state index contributed by atoms with van der Waals surface area (Å²) < 4.78 is 5.42. The third-order valence-corrected chi connectivity index (χ3v) is 2.57. The van der Waals surface area contributed by atoms with Crippen LogP contribution in [0.1, 0.15) is 6.42 Å². The van der Waals surface area contributed by atoms with Crippen LogP contribution in [0.15, 0.2) is 9.98 Å². The van der Waals surface area contributed by atoms with Gasteiger partial charge in [0.05, 0.1) is 18.9 Å². The average molecular weight is 152 g/mol. The molecule has 0 radical (unpaired) electrons. The molecule has 1 fully saturated rings. The molecular formula is C7H8N2O2. The molecule has 3 heterocycles. The topological polar surface area (TPSA) is 54.2 Å². The first-order valence-electron chi connectivity index (χ1n) is 3.74. The van der Waals surface area contributed by atoms with Gasteiger partial charge in [-0.1, -0.05) is 0 Å². The Bertz CT molecular complexity index is 260. The van der Waals surface area contributed by atoms with Crippen molar-refractivity contribution < 1.29 is 9.84 Å². The second-order valence-corrected chi connectivity index (χ2v) is 3.19. The lowest BCUT2D eigenvalue weighted by atomic mass is 9.89. The van der Waals surface area contributed by atoms with Gasteiger partial charge in [0.15, 0.2) is 5.54 Å². The number of hydrogen-bond donors (Lipinski definition) is 1. The van der Waals surface area contributed by atoms with Crippen LogP contribution in [0.5, 0.6) is 0 Å². The van der Waals surface area contributed by atoms with Crippen LogP contribution < -0.4 is 0 Å². The Morgan fingerprint density at radius 2 is 2.18 bits per heavy atom. The number of aliphatic imine (C=N–C) groups is 2. The van der Waals surface area contributed by atoms with Crippen LogP contribution in [-0.4, -0.2) is 41.5 Å². The minimum atomic E-state index is -0.565. The van der Waals surface area contributed by atoms with Crippen molar-refractivity contribution in [1.82, 2.24) is 0 Å². The second kappa shape index (κ2) is 1.40. The van der Waals surface area contributed by atoms with Gasteiger partial charge in [0.25, 0.3) is 0 Å². The molecule has 3 aliphatic heterocycles. The van der Waals surface area contributed by atoms with Gasteiger partial charge >= 0.3 is 0 Å². The van der Waals surface area contributed by atoms with Gasteiger partial charge in [-0.25, -0.2) is 4.99 Å². The number of ether oxygens (including phenoxy) is 1. The van der Waals surface area contributed by atoms with Crippen LogP contribution in [-0.2, 0) is 4.74 Å². The zero-order chi connectivity index (χ0) is 7.53. The highest BCUT2D eigenvalue weighted by Gasteiger charge is 2.68. The van der Waals surface area contributed by atoms with Gasteiger partial charge in [-0.15, -0.1) is 0 Å². The number of rotatable bonds is 0. The first-order valence-corrected chi connectivity index (χ1v) is 3.74. The SMILES string of the molecule is OC1CCOC2(C=N2)C12C=N2. The summed E-state index contributed by atoms with van der Waals surface area (Å²) in [4.78, 5) is 8.09. The third kappa shape index (κ3) is 0.499. The van der Waals surface area contributed by atoms with Gasteiger partial charge in [0.1, 0.15) is 0 Å². The van der Waals surface area contributed by atoms with Gasteiger partial charge in [-0.3, -0.25) is 4.99 Å². The Labute approximate surface area is 63.6 Å². The number of fused-ring (bicyclic) bond motifs is 1. The minimum absolute atomic E-state index is 0.404. The fourth-order valence-electron chi connectivity index (χ4n) is 1.67. The zero-order valence-electron chi connectivity index (χ0n) is 5.90. The first kappa shape index (κ1) is 5.85. The summed E-state index contributed by atoms with van der Waals surface area (Å²) in [5.41, 5.74) is -1.06. The van der Waals surface area contributed by atoms with Crippen molar-refractivity contribution in [1.29, 1.82) is 0 Å². The molecule has 0 aromatic rings. The van der Waals surface area contributed by atoms with Crippen molar-refractivity contribution >= 4 is 12.4 Å². The number of nitrogens with zero attached hydrogens (tertiary/aromatic N) is 2. The second-order valence-electron chi connectivity index (χ2n) is 3.19. The van der Waals surface area contributed by atoms with E-state index in [0.717, 1.165) is 0 Å². The molecule has 11 heavy (non-hydrogen) atoms. The fourth-order valence-corrected chi connectivity index (χ4v) is 1.67. The van der Waals surface area contributed by atoms with Crippen molar-refractivity contribution in [2.24, 2.45) is 9.98 Å². The normalized spacial score (nSPS) is 57.4. The van der Waals surface area contributed by atoms with Crippen LogP contribution in [0.2, 0.25) is 0 Å². The molecule has 4 heteroatoms. The van der Waals surface area contributed by atoms with E-state index in [1.165, 1.54) is 0 Å². The zero-order valence-corrected chi connectivity index (χ0v) is 5.90. The Morgan fingerprint density at radius 1 is 1.45 bits per heavy atom. The molecule has 0 bridgehead atoms. The maximum Gasteiger partial charge on any atom is 0.227 e. The number of aliphatic hydroxyl groups is 1. The van der Waals surface area contributed by atoms with Crippen molar-refractivity contribution in [3.63, 3.8) is 0 Å². The van der Waals surface area contributed by atoms with Crippen molar-refractivity contribution in [2.75, 3.05) is 6.61 Å². The maximum absolute atomic E-state index is 9.59. The maximum atomic E-state index is 9.59. The van der Waals surface area contributed by atoms with Gasteiger partial charge in [-0.05, 0) is 6.42 Å². The lowest BCUT2D eigenvalue weighted by Gasteiger charge is -2.32. The summed E-state index contributed by atoms with van der Waals surface area (Å²) in [7, 11) is 0. The molecule has 0 amide bonds. The van der Waals surface area contributed by atoms with Gasteiger partial charge in [0, 0.05) is 6.21 Å². The summed E-state index contributed by atoms with van der Waals surface area (Å²) in [6.07, 6.45) is 3.72. The van der Waals surface area contributed by atoms with Crippen LogP contribution in [0, 0.1) is 0 Å². The van der Waals surface area contributed by atoms with E-state index in [4.69, 9.17) is 4.74 Å². The highest BCUT2D eigenvalue weighted by atomic mass is 16.5. The molecule has 0 aromatic carbocycles. The van der Waals surface area contributed by atoms with E-state index < -0.39 is 17.4 Å². The molecule has 4 nitrogen and oxygen atoms in total. The summed E-state index contributed by atoms with van der Waals surface area (Å²) in [6, 6.07) is 0. The Kier molecular flexibility index (Phi) is 0.744. The lowest BCUT2D eigenvalue weighted by Crippen LogP contribution is -2.53. The van der Waals surface area contributed by atoms with E-state index in [-0.39, 0.29) is 0 Å². The molecular weight excluding hydrogens is 144 g/mol. The standard InChI is InChI=1S/C7H8N2O2/c10-5-1-2-11-7(4-9-7)6(5)3-8-6/h3-5,10H,1-2H2. The molecule has 0 saturated carbocycles. The molecule has 58 valence electrons. The molecule has 3 aliphatic rings. The van der Waals surface area contributed by atoms with E-state index in [9.17, 15) is 5.11 Å². The van der Waals surface area contributed by atoms with Crippen LogP contribution >= 0.6 is 0 Å². The molecule has 3 atom stereocenters. The average Bonchev–Trinajstić information content (AvgIpc) is 2.79. The van der Waals surface area contributed by atoms with E-state index in [0.29, 0.717) is 13.0 Å². The third-order valence-electron chi connectivity index (χ3n) is 2.57. The monoisotopic (exact) mass is 152 g/mol. The van der Waals surface area contributed by atoms with Crippen molar-refractivity contribution in [3.05, 3.63) is 0 Å². The molecule has 3 unspecified atom stereocenters.